The predicted molar refractivity (Wildman–Crippen MR) is 115 cm³/mol. The molecule has 0 fully saturated rings. The Kier molecular flexibility index (Phi) is 8.40. The Hall–Kier alpha value is 0.0538. The highest BCUT2D eigenvalue weighted by molar-refractivity contribution is 6.74. The van der Waals surface area contributed by atoms with E-state index in [-0.39, 0.29) is 15.5 Å². The van der Waals surface area contributed by atoms with Crippen molar-refractivity contribution in [3.8, 4) is 0 Å². The van der Waals surface area contributed by atoms with E-state index >= 15 is 0 Å². The Morgan fingerprint density at radius 1 is 0.880 bits per heavy atom. The summed E-state index contributed by atoms with van der Waals surface area (Å²) in [6.07, 6.45) is 2.14. The van der Waals surface area contributed by atoms with Gasteiger partial charge in [0, 0.05) is 18.6 Å². The summed E-state index contributed by atoms with van der Waals surface area (Å²) >= 11 is 0. The van der Waals surface area contributed by atoms with Crippen LogP contribution in [0.3, 0.4) is 0 Å². The van der Waals surface area contributed by atoms with E-state index < -0.39 is 22.7 Å². The molecule has 0 aromatic rings. The van der Waals surface area contributed by atoms with Crippen molar-refractivity contribution < 1.29 is 14.0 Å². The molecule has 5 heteroatoms. The number of aliphatic hydroxyl groups excluding tert-OH is 1. The summed E-state index contributed by atoms with van der Waals surface area (Å²) in [5.41, 5.74) is -0.348. The van der Waals surface area contributed by atoms with Crippen LogP contribution in [0.2, 0.25) is 36.3 Å². The summed E-state index contributed by atoms with van der Waals surface area (Å²) in [5, 5.41) is 10.4. The van der Waals surface area contributed by atoms with E-state index in [1.54, 1.807) is 0 Å². The second-order valence-corrected chi connectivity index (χ2v) is 20.3. The van der Waals surface area contributed by atoms with E-state index in [1.807, 2.05) is 13.0 Å². The zero-order valence-electron chi connectivity index (χ0n) is 18.7. The van der Waals surface area contributed by atoms with Crippen LogP contribution in [0.4, 0.5) is 0 Å². The lowest BCUT2D eigenvalue weighted by molar-refractivity contribution is 0.0521. The maximum absolute atomic E-state index is 10.1. The van der Waals surface area contributed by atoms with Gasteiger partial charge in [-0.15, -0.1) is 6.58 Å². The van der Waals surface area contributed by atoms with Crippen LogP contribution in [0, 0.1) is 5.41 Å². The van der Waals surface area contributed by atoms with E-state index in [9.17, 15) is 5.11 Å². The molecule has 0 saturated carbocycles. The van der Waals surface area contributed by atoms with Gasteiger partial charge in [-0.3, -0.25) is 0 Å². The molecule has 0 radical (unpaired) electrons. The SMILES string of the molecule is C=CC(CO[Si](C)(C)C(C)(C)C)(CO[Si](C)(C)C(C)(C)C)CC(C)O. The van der Waals surface area contributed by atoms with Crippen molar-refractivity contribution in [1.29, 1.82) is 0 Å². The average Bonchev–Trinajstić information content (AvgIpc) is 2.39. The van der Waals surface area contributed by atoms with Gasteiger partial charge in [0.25, 0.3) is 0 Å². The van der Waals surface area contributed by atoms with E-state index in [4.69, 9.17) is 8.85 Å². The molecule has 0 bridgehead atoms. The van der Waals surface area contributed by atoms with Crippen molar-refractivity contribution in [3.05, 3.63) is 12.7 Å². The van der Waals surface area contributed by atoms with Crippen molar-refractivity contribution in [1.82, 2.24) is 0 Å². The molecule has 0 heterocycles. The van der Waals surface area contributed by atoms with Crippen LogP contribution in [0.5, 0.6) is 0 Å². The minimum atomic E-state index is -1.87. The summed E-state index contributed by atoms with van der Waals surface area (Å²) in [6.45, 7) is 29.5. The molecule has 0 aromatic carbocycles. The van der Waals surface area contributed by atoms with Crippen molar-refractivity contribution in [2.45, 2.75) is 97.3 Å². The van der Waals surface area contributed by atoms with Crippen molar-refractivity contribution >= 4 is 16.6 Å². The molecule has 1 atom stereocenters. The lowest BCUT2D eigenvalue weighted by atomic mass is 9.84. The molecule has 0 aromatic heterocycles. The molecule has 3 nitrogen and oxygen atoms in total. The minimum absolute atomic E-state index is 0.158. The zero-order chi connectivity index (χ0) is 20.3. The van der Waals surface area contributed by atoms with Gasteiger partial charge in [-0.25, -0.2) is 0 Å². The molecule has 0 amide bonds. The number of rotatable bonds is 9. The second-order valence-electron chi connectivity index (χ2n) is 10.7. The topological polar surface area (TPSA) is 38.7 Å². The molecular weight excluding hydrogens is 344 g/mol. The Morgan fingerprint density at radius 2 is 1.20 bits per heavy atom. The molecule has 0 spiro atoms. The van der Waals surface area contributed by atoms with Crippen LogP contribution >= 0.6 is 0 Å². The highest BCUT2D eigenvalue weighted by Crippen LogP contribution is 2.41. The van der Waals surface area contributed by atoms with Gasteiger partial charge in [0.15, 0.2) is 16.6 Å². The molecule has 0 aliphatic rings. The summed E-state index contributed by atoms with van der Waals surface area (Å²) in [5.74, 6) is 0. The van der Waals surface area contributed by atoms with Gasteiger partial charge >= 0.3 is 0 Å². The van der Waals surface area contributed by atoms with E-state index in [0.717, 1.165) is 0 Å². The quantitative estimate of drug-likeness (QED) is 0.390. The Labute approximate surface area is 159 Å². The highest BCUT2D eigenvalue weighted by atomic mass is 28.4. The first-order chi connectivity index (χ1) is 10.9. The molecule has 1 unspecified atom stereocenters. The van der Waals surface area contributed by atoms with Crippen molar-refractivity contribution in [3.63, 3.8) is 0 Å². The average molecular weight is 389 g/mol. The third-order valence-electron chi connectivity index (χ3n) is 6.19. The number of aliphatic hydroxyl groups is 1. The van der Waals surface area contributed by atoms with E-state index in [1.165, 1.54) is 0 Å². The van der Waals surface area contributed by atoms with Gasteiger partial charge in [0.2, 0.25) is 0 Å². The van der Waals surface area contributed by atoms with Gasteiger partial charge in [-0.2, -0.15) is 0 Å². The van der Waals surface area contributed by atoms with E-state index in [0.29, 0.717) is 19.6 Å². The molecule has 0 saturated heterocycles. The molecule has 0 aliphatic heterocycles. The van der Waals surface area contributed by atoms with Crippen LogP contribution in [-0.2, 0) is 8.85 Å². The normalized spacial score (nSPS) is 16.0. The fraction of sp³-hybridized carbons (Fsp3) is 0.900. The monoisotopic (exact) mass is 388 g/mol. The Morgan fingerprint density at radius 3 is 1.40 bits per heavy atom. The van der Waals surface area contributed by atoms with Gasteiger partial charge < -0.3 is 14.0 Å². The first kappa shape index (κ1) is 25.1. The molecular formula is C20H44O3Si2. The fourth-order valence-corrected chi connectivity index (χ4v) is 4.19. The van der Waals surface area contributed by atoms with Crippen molar-refractivity contribution in [2.75, 3.05) is 13.2 Å². The van der Waals surface area contributed by atoms with E-state index in [2.05, 4.69) is 74.3 Å². The second kappa shape index (κ2) is 8.38. The Bertz CT molecular complexity index is 399. The third kappa shape index (κ3) is 7.29. The van der Waals surface area contributed by atoms with Gasteiger partial charge in [0.05, 0.1) is 6.10 Å². The van der Waals surface area contributed by atoms with Crippen molar-refractivity contribution in [2.24, 2.45) is 5.41 Å². The lowest BCUT2D eigenvalue weighted by Crippen LogP contribution is -2.48. The zero-order valence-corrected chi connectivity index (χ0v) is 20.7. The molecule has 0 aliphatic carbocycles. The largest absolute Gasteiger partial charge is 0.416 e. The predicted octanol–water partition coefficient (Wildman–Crippen LogP) is 5.97. The first-order valence-corrected chi connectivity index (χ1v) is 15.3. The first-order valence-electron chi connectivity index (χ1n) is 9.49. The van der Waals surface area contributed by atoms with Crippen LogP contribution in [0.15, 0.2) is 12.7 Å². The highest BCUT2D eigenvalue weighted by Gasteiger charge is 2.43. The van der Waals surface area contributed by atoms with Crippen LogP contribution in [0.1, 0.15) is 54.9 Å². The van der Waals surface area contributed by atoms with Gasteiger partial charge in [-0.05, 0) is 49.6 Å². The Balaban J connectivity index is 5.37. The number of hydrogen-bond acceptors (Lipinski definition) is 3. The lowest BCUT2D eigenvalue weighted by Gasteiger charge is -2.43. The maximum Gasteiger partial charge on any atom is 0.192 e. The summed E-state index contributed by atoms with van der Waals surface area (Å²) in [6, 6.07) is 0. The summed E-state index contributed by atoms with van der Waals surface area (Å²) in [4.78, 5) is 0. The van der Waals surface area contributed by atoms with Gasteiger partial charge in [-0.1, -0.05) is 47.6 Å². The number of hydrogen-bond donors (Lipinski definition) is 1. The summed E-state index contributed by atoms with van der Waals surface area (Å²) in [7, 11) is -3.73. The third-order valence-corrected chi connectivity index (χ3v) is 15.1. The molecule has 1 N–H and O–H groups in total. The van der Waals surface area contributed by atoms with Crippen LogP contribution in [-0.4, -0.2) is 41.1 Å². The maximum atomic E-state index is 10.1. The van der Waals surface area contributed by atoms with Crippen LogP contribution < -0.4 is 0 Å². The minimum Gasteiger partial charge on any atom is -0.416 e. The fourth-order valence-electron chi connectivity index (χ4n) is 2.03. The molecule has 0 rings (SSSR count). The standard InChI is InChI=1S/C20H44O3Si2/c1-13-20(14-17(2)21,15-22-24(9,10)18(3,4)5)16-23-25(11,12)19(6,7)8/h13,17,21H,1,14-16H2,2-12H3. The van der Waals surface area contributed by atoms with Crippen LogP contribution in [0.25, 0.3) is 0 Å². The summed E-state index contributed by atoms with van der Waals surface area (Å²) < 4.78 is 13.0. The van der Waals surface area contributed by atoms with Gasteiger partial charge in [0.1, 0.15) is 0 Å². The molecule has 150 valence electrons. The molecule has 25 heavy (non-hydrogen) atoms. The smallest absolute Gasteiger partial charge is 0.192 e.